The molecule has 2 rings (SSSR count). The lowest BCUT2D eigenvalue weighted by Gasteiger charge is -2.16. The van der Waals surface area contributed by atoms with Crippen LogP contribution in [0.4, 0.5) is 0 Å². The normalized spacial score (nSPS) is 16.4. The third-order valence-corrected chi connectivity index (χ3v) is 3.06. The van der Waals surface area contributed by atoms with Crippen molar-refractivity contribution < 1.29 is 4.79 Å². The Balaban J connectivity index is 2.10. The average Bonchev–Trinajstić information content (AvgIpc) is 2.77. The van der Waals surface area contributed by atoms with E-state index in [2.05, 4.69) is 4.57 Å². The summed E-state index contributed by atoms with van der Waals surface area (Å²) in [6.45, 7) is 2.15. The highest BCUT2D eigenvalue weighted by Crippen LogP contribution is 2.15. The van der Waals surface area contributed by atoms with Crippen molar-refractivity contribution in [2.75, 3.05) is 6.54 Å². The minimum Gasteiger partial charge on any atom is -0.349 e. The van der Waals surface area contributed by atoms with E-state index in [1.807, 2.05) is 24.1 Å². The SMILES string of the molecule is Cn1c(CN)ccc1CN1CCCC1=O. The van der Waals surface area contributed by atoms with E-state index in [1.165, 1.54) is 0 Å². The minimum absolute atomic E-state index is 0.269. The first-order valence-electron chi connectivity index (χ1n) is 5.33. The predicted octanol–water partition coefficient (Wildman–Crippen LogP) is 0.606. The van der Waals surface area contributed by atoms with Crippen LogP contribution in [0.1, 0.15) is 24.2 Å². The van der Waals surface area contributed by atoms with Crippen molar-refractivity contribution >= 4 is 5.91 Å². The number of nitrogens with zero attached hydrogens (tertiary/aromatic N) is 2. The molecule has 0 saturated carbocycles. The molecular weight excluding hydrogens is 190 g/mol. The summed E-state index contributed by atoms with van der Waals surface area (Å²) in [6.07, 6.45) is 1.70. The molecule has 4 heteroatoms. The number of carbonyl (C=O) groups excluding carboxylic acids is 1. The number of rotatable bonds is 3. The van der Waals surface area contributed by atoms with Gasteiger partial charge in [0.25, 0.3) is 0 Å². The maximum absolute atomic E-state index is 11.5. The average molecular weight is 207 g/mol. The van der Waals surface area contributed by atoms with Gasteiger partial charge in [0.15, 0.2) is 0 Å². The van der Waals surface area contributed by atoms with E-state index in [9.17, 15) is 4.79 Å². The second kappa shape index (κ2) is 4.06. The number of aromatic nitrogens is 1. The molecule has 0 aromatic carbocycles. The van der Waals surface area contributed by atoms with Crippen LogP contribution < -0.4 is 5.73 Å². The van der Waals surface area contributed by atoms with E-state index < -0.39 is 0 Å². The summed E-state index contributed by atoms with van der Waals surface area (Å²) in [5, 5.41) is 0. The van der Waals surface area contributed by atoms with Crippen molar-refractivity contribution in [3.8, 4) is 0 Å². The number of nitrogens with two attached hydrogens (primary N) is 1. The summed E-state index contributed by atoms with van der Waals surface area (Å²) < 4.78 is 2.08. The molecule has 1 aliphatic heterocycles. The molecule has 2 N–H and O–H groups in total. The fraction of sp³-hybridized carbons (Fsp3) is 0.545. The quantitative estimate of drug-likeness (QED) is 0.789. The second-order valence-corrected chi connectivity index (χ2v) is 4.00. The van der Waals surface area contributed by atoms with Crippen LogP contribution in [-0.4, -0.2) is 21.9 Å². The van der Waals surface area contributed by atoms with Crippen LogP contribution in [0.2, 0.25) is 0 Å². The third kappa shape index (κ3) is 1.90. The highest BCUT2D eigenvalue weighted by atomic mass is 16.2. The Kier molecular flexibility index (Phi) is 2.77. The smallest absolute Gasteiger partial charge is 0.222 e. The lowest BCUT2D eigenvalue weighted by molar-refractivity contribution is -0.128. The van der Waals surface area contributed by atoms with Gasteiger partial charge in [0, 0.05) is 37.9 Å². The Labute approximate surface area is 89.7 Å². The highest BCUT2D eigenvalue weighted by molar-refractivity contribution is 5.77. The molecule has 0 unspecified atom stereocenters. The van der Waals surface area contributed by atoms with Crippen LogP contribution in [0.3, 0.4) is 0 Å². The molecule has 1 fully saturated rings. The molecule has 15 heavy (non-hydrogen) atoms. The molecule has 0 aliphatic carbocycles. The summed E-state index contributed by atoms with van der Waals surface area (Å²) in [5.41, 5.74) is 7.86. The molecule has 82 valence electrons. The van der Waals surface area contributed by atoms with E-state index in [0.29, 0.717) is 13.0 Å². The summed E-state index contributed by atoms with van der Waals surface area (Å²) in [5.74, 6) is 0.269. The molecule has 1 aromatic rings. The Morgan fingerprint density at radius 3 is 2.67 bits per heavy atom. The zero-order chi connectivity index (χ0) is 10.8. The predicted molar refractivity (Wildman–Crippen MR) is 58.0 cm³/mol. The van der Waals surface area contributed by atoms with E-state index in [0.717, 1.165) is 30.9 Å². The summed E-state index contributed by atoms with van der Waals surface area (Å²) in [4.78, 5) is 13.4. The number of hydrogen-bond acceptors (Lipinski definition) is 2. The largest absolute Gasteiger partial charge is 0.349 e. The first-order chi connectivity index (χ1) is 7.22. The fourth-order valence-electron chi connectivity index (χ4n) is 2.03. The van der Waals surface area contributed by atoms with Crippen molar-refractivity contribution in [3.63, 3.8) is 0 Å². The van der Waals surface area contributed by atoms with Gasteiger partial charge in [0.2, 0.25) is 5.91 Å². The van der Waals surface area contributed by atoms with Gasteiger partial charge in [-0.1, -0.05) is 0 Å². The number of hydrogen-bond donors (Lipinski definition) is 1. The van der Waals surface area contributed by atoms with Crippen molar-refractivity contribution in [1.82, 2.24) is 9.47 Å². The van der Waals surface area contributed by atoms with Gasteiger partial charge >= 0.3 is 0 Å². The zero-order valence-corrected chi connectivity index (χ0v) is 9.07. The van der Waals surface area contributed by atoms with Crippen LogP contribution >= 0.6 is 0 Å². The summed E-state index contributed by atoms with van der Waals surface area (Å²) in [6, 6.07) is 4.07. The Bertz CT molecular complexity index is 370. The van der Waals surface area contributed by atoms with Crippen LogP contribution in [-0.2, 0) is 24.9 Å². The highest BCUT2D eigenvalue weighted by Gasteiger charge is 2.20. The maximum atomic E-state index is 11.5. The molecule has 1 amide bonds. The fourth-order valence-corrected chi connectivity index (χ4v) is 2.03. The molecular formula is C11H17N3O. The van der Waals surface area contributed by atoms with E-state index >= 15 is 0 Å². The minimum atomic E-state index is 0.269. The Hall–Kier alpha value is -1.29. The number of amides is 1. The third-order valence-electron chi connectivity index (χ3n) is 3.06. The molecule has 0 radical (unpaired) electrons. The Morgan fingerprint density at radius 1 is 1.40 bits per heavy atom. The molecule has 1 saturated heterocycles. The molecule has 1 aromatic heterocycles. The van der Waals surface area contributed by atoms with Crippen LogP contribution in [0, 0.1) is 0 Å². The monoisotopic (exact) mass is 207 g/mol. The summed E-state index contributed by atoms with van der Waals surface area (Å²) >= 11 is 0. The topological polar surface area (TPSA) is 51.3 Å². The van der Waals surface area contributed by atoms with E-state index in [4.69, 9.17) is 5.73 Å². The molecule has 4 nitrogen and oxygen atoms in total. The van der Waals surface area contributed by atoms with E-state index in [-0.39, 0.29) is 5.91 Å². The summed E-state index contributed by atoms with van der Waals surface area (Å²) in [7, 11) is 2.00. The lowest BCUT2D eigenvalue weighted by atomic mass is 10.4. The zero-order valence-electron chi connectivity index (χ0n) is 9.07. The van der Waals surface area contributed by atoms with E-state index in [1.54, 1.807) is 0 Å². The van der Waals surface area contributed by atoms with Crippen molar-refractivity contribution in [3.05, 3.63) is 23.5 Å². The van der Waals surface area contributed by atoms with Crippen LogP contribution in [0.15, 0.2) is 12.1 Å². The van der Waals surface area contributed by atoms with Gasteiger partial charge in [-0.2, -0.15) is 0 Å². The van der Waals surface area contributed by atoms with Gasteiger partial charge in [0.05, 0.1) is 6.54 Å². The number of likely N-dealkylation sites (tertiary alicyclic amines) is 1. The maximum Gasteiger partial charge on any atom is 0.222 e. The van der Waals surface area contributed by atoms with Crippen LogP contribution in [0.25, 0.3) is 0 Å². The lowest BCUT2D eigenvalue weighted by Crippen LogP contribution is -2.25. The van der Waals surface area contributed by atoms with Gasteiger partial charge in [-0.3, -0.25) is 4.79 Å². The molecule has 0 atom stereocenters. The van der Waals surface area contributed by atoms with Gasteiger partial charge in [-0.15, -0.1) is 0 Å². The van der Waals surface area contributed by atoms with Crippen molar-refractivity contribution in [2.24, 2.45) is 12.8 Å². The van der Waals surface area contributed by atoms with Gasteiger partial charge in [0.1, 0.15) is 0 Å². The first kappa shape index (κ1) is 10.2. The van der Waals surface area contributed by atoms with Crippen molar-refractivity contribution in [1.29, 1.82) is 0 Å². The first-order valence-corrected chi connectivity index (χ1v) is 5.33. The van der Waals surface area contributed by atoms with Gasteiger partial charge < -0.3 is 15.2 Å². The second-order valence-electron chi connectivity index (χ2n) is 4.00. The molecule has 1 aliphatic rings. The molecule has 2 heterocycles. The molecule has 0 bridgehead atoms. The van der Waals surface area contributed by atoms with Gasteiger partial charge in [-0.05, 0) is 18.6 Å². The number of carbonyl (C=O) groups is 1. The van der Waals surface area contributed by atoms with Gasteiger partial charge in [-0.25, -0.2) is 0 Å². The van der Waals surface area contributed by atoms with Crippen LogP contribution in [0.5, 0.6) is 0 Å². The van der Waals surface area contributed by atoms with Crippen molar-refractivity contribution in [2.45, 2.75) is 25.9 Å². The molecule has 0 spiro atoms. The Morgan fingerprint density at radius 2 is 2.13 bits per heavy atom. The standard InChI is InChI=1S/C11H17N3O/c1-13-9(7-12)4-5-10(13)8-14-6-2-3-11(14)15/h4-5H,2-3,6-8,12H2,1H3.